The zero-order chi connectivity index (χ0) is 81.1. The van der Waals surface area contributed by atoms with Gasteiger partial charge in [-0.25, -0.2) is 0 Å². The third-order valence-corrected chi connectivity index (χ3v) is 32.0. The SMILES string of the molecule is CCCCCCCCCCCCCCCCCC[NH+](C)CCC[Si](OCC)(OCC)OC(C)COCC(COCC(C)O[Si](CCC[N+](C)(C)CCCCCCCCCCCCCCCCCC)(OCC)OCC)OCC(C)O[Si](CCC[N+](C)(C)CCCCCCCCCCCCCCCCCC)(OCC)OCC. The fourth-order valence-corrected chi connectivity index (χ4v) is 24.3. The molecular weight excluding hydrogens is 1420 g/mol. The average molecular weight is 1620 g/mol. The molecule has 0 saturated heterocycles. The molecule has 18 heteroatoms. The molecule has 0 aromatic heterocycles. The molecule has 0 rings (SSSR count). The van der Waals surface area contributed by atoms with Crippen molar-refractivity contribution >= 4 is 26.4 Å². The number of quaternary nitrogens is 3. The van der Waals surface area contributed by atoms with E-state index in [0.29, 0.717) is 72.7 Å². The third kappa shape index (κ3) is 67.9. The van der Waals surface area contributed by atoms with Gasteiger partial charge in [0.2, 0.25) is 0 Å². The van der Waals surface area contributed by atoms with E-state index in [1.54, 1.807) is 4.90 Å². The molecule has 0 fully saturated rings. The molecule has 0 aliphatic heterocycles. The van der Waals surface area contributed by atoms with Crippen LogP contribution in [0.15, 0.2) is 0 Å². The van der Waals surface area contributed by atoms with Crippen LogP contribution in [0.3, 0.4) is 0 Å². The van der Waals surface area contributed by atoms with E-state index in [0.717, 1.165) is 66.0 Å². The molecule has 5 unspecified atom stereocenters. The quantitative estimate of drug-likeness (QED) is 0.0355. The van der Waals surface area contributed by atoms with E-state index in [9.17, 15) is 0 Å². The van der Waals surface area contributed by atoms with E-state index in [-0.39, 0.29) is 18.3 Å². The van der Waals surface area contributed by atoms with Crippen molar-refractivity contribution in [2.24, 2.45) is 0 Å². The first kappa shape index (κ1) is 110. The summed E-state index contributed by atoms with van der Waals surface area (Å²) in [6.07, 6.45) is 68.7. The Labute approximate surface area is 690 Å². The van der Waals surface area contributed by atoms with Crippen LogP contribution in [0.25, 0.3) is 0 Å². The van der Waals surface area contributed by atoms with Crippen molar-refractivity contribution in [3.63, 3.8) is 0 Å². The smallest absolute Gasteiger partial charge is 0.376 e. The van der Waals surface area contributed by atoms with Gasteiger partial charge in [-0.1, -0.05) is 290 Å². The summed E-state index contributed by atoms with van der Waals surface area (Å²) in [6.45, 7) is 37.1. The fourth-order valence-electron chi connectivity index (χ4n) is 16.0. The monoisotopic (exact) mass is 1620 g/mol. The highest BCUT2D eigenvalue weighted by Gasteiger charge is 2.45. The lowest BCUT2D eigenvalue weighted by Gasteiger charge is -2.34. The number of hydrogen-bond acceptors (Lipinski definition) is 12. The van der Waals surface area contributed by atoms with Crippen LogP contribution in [-0.2, 0) is 54.0 Å². The summed E-state index contributed by atoms with van der Waals surface area (Å²) < 4.78 is 82.1. The second-order valence-corrected chi connectivity index (χ2v) is 42.9. The van der Waals surface area contributed by atoms with Gasteiger partial charge in [-0.3, -0.25) is 0 Å². The van der Waals surface area contributed by atoms with Gasteiger partial charge in [-0.15, -0.1) is 0 Å². The number of nitrogens with one attached hydrogen (secondary N) is 1. The molecule has 0 aromatic carbocycles. The molecule has 0 heterocycles. The molecule has 0 aliphatic rings. The number of unbranched alkanes of at least 4 members (excludes halogenated alkanes) is 45. The third-order valence-electron chi connectivity index (χ3n) is 22.5. The zero-order valence-electron chi connectivity index (χ0n) is 77.3. The van der Waals surface area contributed by atoms with Crippen LogP contribution in [0.1, 0.15) is 411 Å². The lowest BCUT2D eigenvalue weighted by Crippen LogP contribution is -3.09. The predicted molar refractivity (Wildman–Crippen MR) is 477 cm³/mol. The minimum Gasteiger partial charge on any atom is -0.376 e. The first-order chi connectivity index (χ1) is 53.3. The van der Waals surface area contributed by atoms with Gasteiger partial charge in [0.05, 0.1) is 126 Å². The summed E-state index contributed by atoms with van der Waals surface area (Å²) in [4.78, 5) is 1.57. The van der Waals surface area contributed by atoms with Crippen LogP contribution in [0.4, 0.5) is 0 Å². The van der Waals surface area contributed by atoms with Gasteiger partial charge in [0.15, 0.2) is 0 Å². The van der Waals surface area contributed by atoms with Gasteiger partial charge in [-0.05, 0) is 101 Å². The topological polar surface area (TPSA) is 115 Å². The Morgan fingerprint density at radius 3 is 0.709 bits per heavy atom. The van der Waals surface area contributed by atoms with Gasteiger partial charge in [0.1, 0.15) is 6.10 Å². The Balaban J connectivity index is 5.83. The van der Waals surface area contributed by atoms with Crippen LogP contribution in [0.2, 0.25) is 18.1 Å². The summed E-state index contributed by atoms with van der Waals surface area (Å²) in [7, 11) is 2.77. The van der Waals surface area contributed by atoms with Crippen molar-refractivity contribution in [2.45, 2.75) is 453 Å². The lowest BCUT2D eigenvalue weighted by molar-refractivity contribution is -0.890. The first-order valence-corrected chi connectivity index (χ1v) is 54.2. The second-order valence-electron chi connectivity index (χ2n) is 34.9. The number of rotatable bonds is 92. The molecule has 0 bridgehead atoms. The lowest BCUT2D eigenvalue weighted by atomic mass is 10.0. The molecule has 0 radical (unpaired) electrons. The van der Waals surface area contributed by atoms with Crippen LogP contribution >= 0.6 is 0 Å². The van der Waals surface area contributed by atoms with Crippen molar-refractivity contribution in [3.8, 4) is 0 Å². The van der Waals surface area contributed by atoms with Crippen LogP contribution in [-0.4, -0.2) is 207 Å². The largest absolute Gasteiger partial charge is 0.501 e. The van der Waals surface area contributed by atoms with Crippen molar-refractivity contribution < 1.29 is 67.9 Å². The number of nitrogens with zero attached hydrogens (tertiary/aromatic N) is 2. The molecule has 5 atom stereocenters. The summed E-state index contributed by atoms with van der Waals surface area (Å²) in [5.41, 5.74) is 0. The highest BCUT2D eigenvalue weighted by Crippen LogP contribution is 2.27. The Kier molecular flexibility index (Phi) is 77.7. The van der Waals surface area contributed by atoms with E-state index in [1.165, 1.54) is 328 Å². The van der Waals surface area contributed by atoms with Gasteiger partial charge >= 0.3 is 26.4 Å². The molecule has 1 N–H and O–H groups in total. The number of ether oxygens (including phenoxy) is 3. The zero-order valence-corrected chi connectivity index (χ0v) is 80.3. The van der Waals surface area contributed by atoms with Crippen LogP contribution in [0, 0.1) is 0 Å². The molecule has 0 saturated carbocycles. The maximum absolute atomic E-state index is 6.98. The van der Waals surface area contributed by atoms with Gasteiger partial charge < -0.3 is 67.9 Å². The van der Waals surface area contributed by atoms with Crippen molar-refractivity contribution in [2.75, 3.05) is 147 Å². The summed E-state index contributed by atoms with van der Waals surface area (Å²) in [5.74, 6) is 0. The molecule has 0 aliphatic carbocycles. The van der Waals surface area contributed by atoms with Crippen molar-refractivity contribution in [1.82, 2.24) is 0 Å². The molecular formula is C92H198N3O12Si3+3. The Morgan fingerprint density at radius 1 is 0.245 bits per heavy atom. The molecule has 15 nitrogen and oxygen atoms in total. The molecule has 0 aromatic rings. The molecule has 0 amide bonds. The van der Waals surface area contributed by atoms with E-state index in [1.807, 2.05) is 0 Å². The van der Waals surface area contributed by atoms with E-state index < -0.39 is 32.5 Å². The maximum atomic E-state index is 6.98. The predicted octanol–water partition coefficient (Wildman–Crippen LogP) is 24.3. The fraction of sp³-hybridized carbons (Fsp3) is 1.00. The minimum atomic E-state index is -3.07. The van der Waals surface area contributed by atoms with Gasteiger partial charge in [0.25, 0.3) is 0 Å². The summed E-state index contributed by atoms with van der Waals surface area (Å²) >= 11 is 0. The Morgan fingerprint density at radius 2 is 0.455 bits per heavy atom. The molecule has 0 spiro atoms. The van der Waals surface area contributed by atoms with Crippen molar-refractivity contribution in [3.05, 3.63) is 0 Å². The number of hydrogen-bond donors (Lipinski definition) is 1. The Hall–Kier alpha value is 0.0506. The van der Waals surface area contributed by atoms with E-state index in [4.69, 9.17) is 54.0 Å². The Bertz CT molecular complexity index is 1850. The van der Waals surface area contributed by atoms with E-state index >= 15 is 0 Å². The van der Waals surface area contributed by atoms with Gasteiger partial charge in [0, 0.05) is 77.0 Å². The standard InChI is InChI=1S/C92H197N3O12Si3/c1-18-27-30-33-36-39-42-45-48-51-54-57-60-63-66-69-75-93(13)76-72-81-108(99-21-4,100-22-5)105-89(10)84-96-87-92(98-86-91(12)107-110(103-25-8,104-26-9)83-74-80-95(16,17)78-71-68-65-62-59-56-53-50-47-44-41-38-35-32-29-20-3)88-97-85-90(11)106-109(101-23-6,102-24-7)82-73-79-94(14,15)77-70-67-64-61-58-55-52-49-46-43-40-37-34-31-28-19-2/h89-92H,18-88H2,1-17H3/q+2/p+1. The molecule has 110 heavy (non-hydrogen) atoms. The first-order valence-electron chi connectivity index (χ1n) is 48.4. The van der Waals surface area contributed by atoms with Crippen molar-refractivity contribution in [1.29, 1.82) is 0 Å². The average Bonchev–Trinajstić information content (AvgIpc) is 0.866. The van der Waals surface area contributed by atoms with Crippen LogP contribution in [0.5, 0.6) is 0 Å². The van der Waals surface area contributed by atoms with Gasteiger partial charge in [-0.2, -0.15) is 0 Å². The van der Waals surface area contributed by atoms with E-state index in [2.05, 4.69) is 118 Å². The van der Waals surface area contributed by atoms with Crippen LogP contribution < -0.4 is 4.90 Å². The maximum Gasteiger partial charge on any atom is 0.501 e. The highest BCUT2D eigenvalue weighted by molar-refractivity contribution is 6.61. The summed E-state index contributed by atoms with van der Waals surface area (Å²) in [5, 5.41) is 0. The summed E-state index contributed by atoms with van der Waals surface area (Å²) in [6, 6.07) is 2.32. The highest BCUT2D eigenvalue weighted by atomic mass is 28.4. The minimum absolute atomic E-state index is 0.257. The second kappa shape index (κ2) is 77.6. The molecule has 662 valence electrons. The normalized spacial score (nSPS) is 14.2.